The van der Waals surface area contributed by atoms with E-state index in [0.717, 1.165) is 34.8 Å². The van der Waals surface area contributed by atoms with Gasteiger partial charge in [-0.15, -0.1) is 0 Å². The molecule has 1 fully saturated rings. The highest BCUT2D eigenvalue weighted by atomic mass is 16.2. The van der Waals surface area contributed by atoms with Crippen molar-refractivity contribution in [2.24, 2.45) is 11.8 Å². The number of aryl methyl sites for hydroxylation is 2. The molecular formula is C21H34N3O2+. The summed E-state index contributed by atoms with van der Waals surface area (Å²) in [7, 11) is 1.92. The molecule has 1 heterocycles. The lowest BCUT2D eigenvalue weighted by molar-refractivity contribution is -0.886. The minimum absolute atomic E-state index is 0.0590. The molecule has 1 unspecified atom stereocenters. The zero-order valence-corrected chi connectivity index (χ0v) is 17.1. The van der Waals surface area contributed by atoms with E-state index in [1.165, 1.54) is 6.42 Å². The molecule has 0 radical (unpaired) electrons. The average molecular weight is 361 g/mol. The summed E-state index contributed by atoms with van der Waals surface area (Å²) in [4.78, 5) is 28.2. The smallest absolute Gasteiger partial charge is 0.280 e. The number of piperidine rings is 1. The van der Waals surface area contributed by atoms with E-state index in [9.17, 15) is 9.59 Å². The van der Waals surface area contributed by atoms with Gasteiger partial charge in [0.15, 0.2) is 12.6 Å². The van der Waals surface area contributed by atoms with Crippen LogP contribution in [-0.4, -0.2) is 49.4 Å². The number of hydrogen-bond acceptors (Lipinski definition) is 2. The van der Waals surface area contributed by atoms with Crippen LogP contribution in [0.3, 0.4) is 0 Å². The maximum absolute atomic E-state index is 12.8. The fraction of sp³-hybridized carbons (Fsp3) is 0.619. The third kappa shape index (κ3) is 5.31. The Bertz CT molecular complexity index is 649. The van der Waals surface area contributed by atoms with Crippen molar-refractivity contribution in [1.82, 2.24) is 4.90 Å². The summed E-state index contributed by atoms with van der Waals surface area (Å²) < 4.78 is 0. The first-order valence-electron chi connectivity index (χ1n) is 9.65. The van der Waals surface area contributed by atoms with Crippen molar-refractivity contribution >= 4 is 17.5 Å². The molecule has 1 aromatic rings. The van der Waals surface area contributed by atoms with Gasteiger partial charge in [0.2, 0.25) is 0 Å². The Kier molecular flexibility index (Phi) is 6.81. The molecule has 1 aliphatic heterocycles. The fourth-order valence-electron chi connectivity index (χ4n) is 3.80. The van der Waals surface area contributed by atoms with Crippen LogP contribution in [0.2, 0.25) is 0 Å². The van der Waals surface area contributed by atoms with Crippen LogP contribution in [-0.2, 0) is 9.59 Å². The third-order valence-corrected chi connectivity index (χ3v) is 5.40. The standard InChI is InChI=1S/C21H33N3O2/c1-14-7-8-17(4)19(10-14)22-20(25)13-23(6)18(5)21(26)24-11-15(2)9-16(3)12-24/h7-8,10,15-16,18H,9,11-13H2,1-6H3,(H,22,25)/p+1/t15-,16+,18-/m1/s1. The molecule has 4 atom stereocenters. The quantitative estimate of drug-likeness (QED) is 0.839. The number of nitrogens with one attached hydrogen (secondary N) is 2. The van der Waals surface area contributed by atoms with Crippen molar-refractivity contribution in [2.75, 3.05) is 32.0 Å². The minimum Gasteiger partial charge on any atom is -0.337 e. The molecule has 2 N–H and O–H groups in total. The van der Waals surface area contributed by atoms with E-state index in [4.69, 9.17) is 0 Å². The number of nitrogens with zero attached hydrogens (tertiary/aromatic N) is 1. The Balaban J connectivity index is 1.93. The number of benzene rings is 1. The number of amides is 2. The molecule has 1 aliphatic rings. The first-order valence-corrected chi connectivity index (χ1v) is 9.65. The molecule has 26 heavy (non-hydrogen) atoms. The lowest BCUT2D eigenvalue weighted by Crippen LogP contribution is -3.15. The highest BCUT2D eigenvalue weighted by Gasteiger charge is 2.32. The molecule has 0 bridgehead atoms. The minimum atomic E-state index is -0.225. The van der Waals surface area contributed by atoms with Gasteiger partial charge in [-0.3, -0.25) is 9.59 Å². The summed E-state index contributed by atoms with van der Waals surface area (Å²) in [6, 6.07) is 5.79. The van der Waals surface area contributed by atoms with E-state index in [1.807, 2.05) is 50.9 Å². The summed E-state index contributed by atoms with van der Waals surface area (Å²) in [5, 5.41) is 2.98. The van der Waals surface area contributed by atoms with Crippen LogP contribution in [0.4, 0.5) is 5.69 Å². The van der Waals surface area contributed by atoms with Crippen LogP contribution in [0, 0.1) is 25.7 Å². The zero-order chi connectivity index (χ0) is 19.4. The van der Waals surface area contributed by atoms with E-state index >= 15 is 0 Å². The molecule has 2 amide bonds. The van der Waals surface area contributed by atoms with Crippen LogP contribution >= 0.6 is 0 Å². The van der Waals surface area contributed by atoms with Crippen molar-refractivity contribution in [3.05, 3.63) is 29.3 Å². The zero-order valence-electron chi connectivity index (χ0n) is 17.1. The first-order chi connectivity index (χ1) is 12.2. The highest BCUT2D eigenvalue weighted by molar-refractivity contribution is 5.92. The molecule has 1 aromatic carbocycles. The lowest BCUT2D eigenvalue weighted by atomic mass is 9.91. The number of quaternary nitrogens is 1. The number of carbonyl (C=O) groups is 2. The Hall–Kier alpha value is -1.88. The second kappa shape index (κ2) is 8.67. The summed E-state index contributed by atoms with van der Waals surface area (Å²) in [5.41, 5.74) is 3.01. The fourth-order valence-corrected chi connectivity index (χ4v) is 3.80. The topological polar surface area (TPSA) is 53.9 Å². The van der Waals surface area contributed by atoms with E-state index in [-0.39, 0.29) is 24.4 Å². The van der Waals surface area contributed by atoms with Crippen molar-refractivity contribution in [3.63, 3.8) is 0 Å². The molecule has 1 saturated heterocycles. The number of anilines is 1. The molecule has 0 saturated carbocycles. The van der Waals surface area contributed by atoms with Gasteiger partial charge in [0.1, 0.15) is 0 Å². The predicted molar refractivity (Wildman–Crippen MR) is 105 cm³/mol. The molecule has 5 heteroatoms. The maximum atomic E-state index is 12.8. The van der Waals surface area contributed by atoms with Crippen molar-refractivity contribution < 1.29 is 14.5 Å². The van der Waals surface area contributed by atoms with Gasteiger partial charge >= 0.3 is 0 Å². The molecule has 5 nitrogen and oxygen atoms in total. The van der Waals surface area contributed by atoms with Gasteiger partial charge < -0.3 is 15.1 Å². The molecule has 0 aliphatic carbocycles. The molecular weight excluding hydrogens is 326 g/mol. The van der Waals surface area contributed by atoms with Crippen molar-refractivity contribution in [1.29, 1.82) is 0 Å². The van der Waals surface area contributed by atoms with Crippen LogP contribution in [0.5, 0.6) is 0 Å². The monoisotopic (exact) mass is 360 g/mol. The third-order valence-electron chi connectivity index (χ3n) is 5.40. The Morgan fingerprint density at radius 3 is 2.46 bits per heavy atom. The first kappa shape index (κ1) is 20.4. The van der Waals surface area contributed by atoms with E-state index in [0.29, 0.717) is 11.8 Å². The predicted octanol–water partition coefficient (Wildman–Crippen LogP) is 1.65. The summed E-state index contributed by atoms with van der Waals surface area (Å²) >= 11 is 0. The van der Waals surface area contributed by atoms with Crippen LogP contribution in [0.15, 0.2) is 18.2 Å². The maximum Gasteiger partial charge on any atom is 0.280 e. The second-order valence-corrected chi connectivity index (χ2v) is 8.30. The molecule has 0 aromatic heterocycles. The van der Waals surface area contributed by atoms with Gasteiger partial charge in [0.25, 0.3) is 11.8 Å². The van der Waals surface area contributed by atoms with Gasteiger partial charge in [0.05, 0.1) is 7.05 Å². The van der Waals surface area contributed by atoms with Crippen LogP contribution < -0.4 is 10.2 Å². The van der Waals surface area contributed by atoms with Gasteiger partial charge in [-0.2, -0.15) is 0 Å². The van der Waals surface area contributed by atoms with Crippen LogP contribution in [0.1, 0.15) is 38.3 Å². The SMILES string of the molecule is Cc1ccc(C)c(NC(=O)C[NH+](C)[C@H](C)C(=O)N2C[C@H](C)C[C@H](C)C2)c1. The Morgan fingerprint density at radius 2 is 1.85 bits per heavy atom. The summed E-state index contributed by atoms with van der Waals surface area (Å²) in [5.74, 6) is 1.18. The van der Waals surface area contributed by atoms with E-state index in [2.05, 4.69) is 19.2 Å². The molecule has 2 rings (SSSR count). The average Bonchev–Trinajstić information content (AvgIpc) is 2.55. The highest BCUT2D eigenvalue weighted by Crippen LogP contribution is 2.21. The molecule has 144 valence electrons. The number of hydrogen-bond donors (Lipinski definition) is 2. The van der Waals surface area contributed by atoms with Gasteiger partial charge in [-0.05, 0) is 56.2 Å². The van der Waals surface area contributed by atoms with Crippen molar-refractivity contribution in [2.45, 2.75) is 47.1 Å². The van der Waals surface area contributed by atoms with Gasteiger partial charge in [-0.1, -0.05) is 26.0 Å². The van der Waals surface area contributed by atoms with Crippen LogP contribution in [0.25, 0.3) is 0 Å². The van der Waals surface area contributed by atoms with Crippen molar-refractivity contribution in [3.8, 4) is 0 Å². The summed E-state index contributed by atoms with van der Waals surface area (Å²) in [6.45, 7) is 12.3. The van der Waals surface area contributed by atoms with Gasteiger partial charge in [0, 0.05) is 18.8 Å². The largest absolute Gasteiger partial charge is 0.337 e. The Morgan fingerprint density at radius 1 is 1.23 bits per heavy atom. The molecule has 0 spiro atoms. The number of likely N-dealkylation sites (tertiary alicyclic amines) is 1. The van der Waals surface area contributed by atoms with E-state index < -0.39 is 0 Å². The number of carbonyl (C=O) groups excluding carboxylic acids is 2. The van der Waals surface area contributed by atoms with E-state index in [1.54, 1.807) is 0 Å². The normalized spacial score (nSPS) is 22.6. The summed E-state index contributed by atoms with van der Waals surface area (Å²) in [6.07, 6.45) is 1.18. The van der Waals surface area contributed by atoms with Gasteiger partial charge in [-0.25, -0.2) is 0 Å². The number of likely N-dealkylation sites (N-methyl/N-ethyl adjacent to an activating group) is 1. The Labute approximate surface area is 157 Å². The second-order valence-electron chi connectivity index (χ2n) is 8.30. The lowest BCUT2D eigenvalue weighted by Gasteiger charge is -2.36. The number of rotatable bonds is 5.